The molecule has 37 heavy (non-hydrogen) atoms. The molecule has 4 aromatic rings. The number of halogens is 3. The van der Waals surface area contributed by atoms with Crippen molar-refractivity contribution < 1.29 is 32.1 Å². The van der Waals surface area contributed by atoms with E-state index >= 15 is 0 Å². The van der Waals surface area contributed by atoms with Gasteiger partial charge >= 0.3 is 6.18 Å². The van der Waals surface area contributed by atoms with Gasteiger partial charge in [0.25, 0.3) is 5.89 Å². The fourth-order valence-corrected chi connectivity index (χ4v) is 5.00. The highest BCUT2D eigenvalue weighted by molar-refractivity contribution is 5.71. The summed E-state index contributed by atoms with van der Waals surface area (Å²) in [6, 6.07) is 12.9. The van der Waals surface area contributed by atoms with Crippen molar-refractivity contribution >= 4 is 0 Å². The van der Waals surface area contributed by atoms with Gasteiger partial charge in [0.2, 0.25) is 11.6 Å². The molecule has 0 radical (unpaired) electrons. The Labute approximate surface area is 209 Å². The van der Waals surface area contributed by atoms with E-state index in [9.17, 15) is 18.3 Å². The van der Waals surface area contributed by atoms with Gasteiger partial charge < -0.3 is 18.9 Å². The number of aliphatic hydroxyl groups is 1. The van der Waals surface area contributed by atoms with Crippen LogP contribution >= 0.6 is 0 Å². The Kier molecular flexibility index (Phi) is 5.96. The molecule has 2 aliphatic heterocycles. The van der Waals surface area contributed by atoms with Gasteiger partial charge in [-0.25, -0.2) is 0 Å². The summed E-state index contributed by atoms with van der Waals surface area (Å²) in [5.74, 6) is -0.564. The zero-order valence-corrected chi connectivity index (χ0v) is 19.6. The Balaban J connectivity index is 1.30. The molecule has 0 amide bonds. The standard InChI is InChI=1S/C26H23F3N4O4/c27-26(28,29)20-21(15-7-3-1-4-8-15)31-36-23(20)25-30-24(32-37-25)16-9-10-17-19(13-16)35-14-18(22(17)34)33-11-5-2-6-12-33/h1,3-4,7-10,13,18,22,34H,2,5-6,11-12,14H2/t18?,22-/m0/s1. The fraction of sp³-hybridized carbons (Fsp3) is 0.346. The van der Waals surface area contributed by atoms with Gasteiger partial charge in [-0.15, -0.1) is 0 Å². The van der Waals surface area contributed by atoms with Gasteiger partial charge in [-0.05, 0) is 32.0 Å². The van der Waals surface area contributed by atoms with Crippen molar-refractivity contribution in [2.24, 2.45) is 0 Å². The largest absolute Gasteiger partial charge is 0.491 e. The Morgan fingerprint density at radius 1 is 0.919 bits per heavy atom. The molecular weight excluding hydrogens is 489 g/mol. The Hall–Kier alpha value is -3.70. The summed E-state index contributed by atoms with van der Waals surface area (Å²) in [5, 5.41) is 18.5. The minimum atomic E-state index is -4.77. The monoisotopic (exact) mass is 512 g/mol. The molecule has 2 aliphatic rings. The van der Waals surface area contributed by atoms with Crippen molar-refractivity contribution in [2.75, 3.05) is 19.7 Å². The highest BCUT2D eigenvalue weighted by Crippen LogP contribution is 2.43. The van der Waals surface area contributed by atoms with Crippen LogP contribution in [-0.2, 0) is 6.18 Å². The predicted molar refractivity (Wildman–Crippen MR) is 125 cm³/mol. The van der Waals surface area contributed by atoms with Crippen LogP contribution in [-0.4, -0.2) is 51.0 Å². The van der Waals surface area contributed by atoms with Crippen molar-refractivity contribution in [3.63, 3.8) is 0 Å². The summed E-state index contributed by atoms with van der Waals surface area (Å²) in [6.07, 6.45) is -2.09. The molecule has 11 heteroatoms. The molecule has 192 valence electrons. The van der Waals surface area contributed by atoms with E-state index < -0.39 is 29.5 Å². The van der Waals surface area contributed by atoms with Crippen LogP contribution in [0.1, 0.15) is 36.5 Å². The summed E-state index contributed by atoms with van der Waals surface area (Å²) in [6.45, 7) is 2.19. The molecule has 0 spiro atoms. The number of likely N-dealkylation sites (tertiary alicyclic amines) is 1. The number of nitrogens with zero attached hydrogens (tertiary/aromatic N) is 4. The molecule has 6 rings (SSSR count). The number of piperidine rings is 1. The molecule has 1 saturated heterocycles. The zero-order chi connectivity index (χ0) is 25.6. The molecule has 1 fully saturated rings. The Morgan fingerprint density at radius 2 is 1.70 bits per heavy atom. The van der Waals surface area contributed by atoms with Crippen LogP contribution in [0.25, 0.3) is 34.3 Å². The maximum atomic E-state index is 14.0. The lowest BCUT2D eigenvalue weighted by atomic mass is 9.95. The summed E-state index contributed by atoms with van der Waals surface area (Å²) in [7, 11) is 0. The van der Waals surface area contributed by atoms with Gasteiger partial charge in [0.15, 0.2) is 0 Å². The topological polar surface area (TPSA) is 97.7 Å². The molecule has 8 nitrogen and oxygen atoms in total. The second-order valence-corrected chi connectivity index (χ2v) is 9.19. The molecule has 1 N–H and O–H groups in total. The lowest BCUT2D eigenvalue weighted by Gasteiger charge is -2.40. The van der Waals surface area contributed by atoms with Crippen molar-refractivity contribution in [3.05, 3.63) is 59.7 Å². The average Bonchev–Trinajstić information content (AvgIpc) is 3.58. The van der Waals surface area contributed by atoms with E-state index in [0.29, 0.717) is 23.5 Å². The highest BCUT2D eigenvalue weighted by Gasteiger charge is 2.43. The van der Waals surface area contributed by atoms with Crippen LogP contribution in [0, 0.1) is 0 Å². The number of alkyl halides is 3. The van der Waals surface area contributed by atoms with E-state index in [4.69, 9.17) is 13.8 Å². The second-order valence-electron chi connectivity index (χ2n) is 9.19. The molecule has 2 atom stereocenters. The number of fused-ring (bicyclic) bond motifs is 1. The van der Waals surface area contributed by atoms with Gasteiger partial charge in [0.1, 0.15) is 29.7 Å². The van der Waals surface area contributed by atoms with E-state index in [0.717, 1.165) is 25.9 Å². The van der Waals surface area contributed by atoms with E-state index in [-0.39, 0.29) is 23.1 Å². The third-order valence-corrected chi connectivity index (χ3v) is 6.87. The van der Waals surface area contributed by atoms with Crippen molar-refractivity contribution in [2.45, 2.75) is 37.6 Å². The predicted octanol–water partition coefficient (Wildman–Crippen LogP) is 5.36. The fourth-order valence-electron chi connectivity index (χ4n) is 5.00. The average molecular weight is 512 g/mol. The van der Waals surface area contributed by atoms with Gasteiger partial charge in [-0.1, -0.05) is 59.2 Å². The van der Waals surface area contributed by atoms with Crippen LogP contribution in [0.5, 0.6) is 5.75 Å². The van der Waals surface area contributed by atoms with Gasteiger partial charge in [-0.2, -0.15) is 18.2 Å². The van der Waals surface area contributed by atoms with Crippen LogP contribution in [0.15, 0.2) is 57.6 Å². The highest BCUT2D eigenvalue weighted by atomic mass is 19.4. The first-order chi connectivity index (χ1) is 17.9. The first kappa shape index (κ1) is 23.7. The molecule has 0 saturated carbocycles. The molecule has 0 aliphatic carbocycles. The van der Waals surface area contributed by atoms with Gasteiger partial charge in [-0.3, -0.25) is 4.90 Å². The van der Waals surface area contributed by atoms with E-state index in [2.05, 4.69) is 20.2 Å². The summed E-state index contributed by atoms with van der Waals surface area (Å²) < 4.78 is 58.2. The van der Waals surface area contributed by atoms with Crippen LogP contribution in [0.4, 0.5) is 13.2 Å². The number of aromatic nitrogens is 3. The number of rotatable bonds is 4. The molecule has 2 aromatic carbocycles. The van der Waals surface area contributed by atoms with E-state index in [1.54, 1.807) is 36.4 Å². The van der Waals surface area contributed by atoms with Crippen molar-refractivity contribution in [1.29, 1.82) is 0 Å². The van der Waals surface area contributed by atoms with Crippen molar-refractivity contribution in [1.82, 2.24) is 20.2 Å². The number of ether oxygens (including phenoxy) is 1. The second kappa shape index (κ2) is 9.31. The Bertz CT molecular complexity index is 1400. The Morgan fingerprint density at radius 3 is 2.46 bits per heavy atom. The van der Waals surface area contributed by atoms with Crippen LogP contribution < -0.4 is 4.74 Å². The lowest BCUT2D eigenvalue weighted by molar-refractivity contribution is -0.136. The SMILES string of the molecule is O[C@H]1c2ccc(-c3noc(-c4onc(-c5ccccc5)c4C(F)(F)F)n3)cc2OCC1N1CCCCC1. The summed E-state index contributed by atoms with van der Waals surface area (Å²) >= 11 is 0. The number of benzene rings is 2. The first-order valence-corrected chi connectivity index (χ1v) is 12.1. The number of aliphatic hydroxyl groups excluding tert-OH is 1. The summed E-state index contributed by atoms with van der Waals surface area (Å²) in [4.78, 5) is 6.41. The van der Waals surface area contributed by atoms with Crippen molar-refractivity contribution in [3.8, 4) is 40.0 Å². The number of hydrogen-bond acceptors (Lipinski definition) is 8. The quantitative estimate of drug-likeness (QED) is 0.391. The third-order valence-electron chi connectivity index (χ3n) is 6.87. The minimum Gasteiger partial charge on any atom is -0.491 e. The molecular formula is C26H23F3N4O4. The minimum absolute atomic E-state index is 0.0554. The maximum absolute atomic E-state index is 14.0. The third kappa shape index (κ3) is 4.38. The smallest absolute Gasteiger partial charge is 0.422 e. The van der Waals surface area contributed by atoms with Crippen LogP contribution in [0.2, 0.25) is 0 Å². The van der Waals surface area contributed by atoms with Gasteiger partial charge in [0, 0.05) is 16.7 Å². The normalized spacial score (nSPS) is 20.4. The maximum Gasteiger partial charge on any atom is 0.422 e. The van der Waals surface area contributed by atoms with Gasteiger partial charge in [0.05, 0.1) is 6.04 Å². The molecule has 2 aromatic heterocycles. The van der Waals surface area contributed by atoms with E-state index in [1.165, 1.54) is 18.6 Å². The summed E-state index contributed by atoms with van der Waals surface area (Å²) in [5.41, 5.74) is -0.0836. The molecule has 1 unspecified atom stereocenters. The van der Waals surface area contributed by atoms with E-state index in [1.807, 2.05) is 0 Å². The van der Waals surface area contributed by atoms with Crippen LogP contribution in [0.3, 0.4) is 0 Å². The zero-order valence-electron chi connectivity index (χ0n) is 19.6. The molecule has 4 heterocycles. The number of hydrogen-bond donors (Lipinski definition) is 1. The molecule has 0 bridgehead atoms. The lowest BCUT2D eigenvalue weighted by Crippen LogP contribution is -2.48. The first-order valence-electron chi connectivity index (χ1n) is 12.1.